The molecule has 0 bridgehead atoms. The Morgan fingerprint density at radius 3 is 2.06 bits per heavy atom. The van der Waals surface area contributed by atoms with Gasteiger partial charge in [-0.05, 0) is 63.3 Å². The molecule has 0 aliphatic carbocycles. The molecule has 0 N–H and O–H groups in total. The number of rotatable bonds is 7. The first kappa shape index (κ1) is 42.5. The van der Waals surface area contributed by atoms with E-state index in [0.717, 1.165) is 39.1 Å². The van der Waals surface area contributed by atoms with Gasteiger partial charge in [0.25, 0.3) is 0 Å². The van der Waals surface area contributed by atoms with Crippen LogP contribution in [0.25, 0.3) is 72.2 Å². The van der Waals surface area contributed by atoms with Crippen molar-refractivity contribution in [3.05, 3.63) is 149 Å². The van der Waals surface area contributed by atoms with Crippen molar-refractivity contribution in [3.8, 4) is 28.3 Å². The van der Waals surface area contributed by atoms with Gasteiger partial charge in [0.15, 0.2) is 0 Å². The Morgan fingerprint density at radius 2 is 1.41 bits per heavy atom. The molecule has 0 saturated heterocycles. The maximum Gasteiger partial charge on any atom is 0.433 e. The SMILES string of the molecule is CC(C)c1cccc(C(C)C)c1-n1c(-c2[c-]ccc3c2oc2nc(C(F)(F)F)ccc23)nc2ccc3ccccc3c21.[2H]C([2H])([2H])c1cc[c-]c(-c2cc(C(C)C)c([Si](C)(C)C)cn2)c1F.[Ir]. The molecule has 0 saturated carbocycles. The summed E-state index contributed by atoms with van der Waals surface area (Å²) in [5, 5.41) is 4.54. The number of para-hydroxylation sites is 1. The summed E-state index contributed by atoms with van der Waals surface area (Å²) in [7, 11) is -1.58. The molecule has 4 aromatic heterocycles. The molecule has 1 radical (unpaired) electrons. The minimum absolute atomic E-state index is 0. The second-order valence-corrected chi connectivity index (χ2v) is 22.9. The second kappa shape index (κ2) is 17.8. The van der Waals surface area contributed by atoms with Crippen LogP contribution in [0.2, 0.25) is 19.6 Å². The van der Waals surface area contributed by atoms with E-state index in [0.29, 0.717) is 33.4 Å². The van der Waals surface area contributed by atoms with Gasteiger partial charge in [0.2, 0.25) is 5.71 Å². The van der Waals surface area contributed by atoms with Gasteiger partial charge in [-0.2, -0.15) is 13.2 Å². The van der Waals surface area contributed by atoms with Crippen LogP contribution in [-0.4, -0.2) is 27.6 Å². The molecule has 0 amide bonds. The number of aromatic nitrogens is 4. The van der Waals surface area contributed by atoms with E-state index in [1.54, 1.807) is 12.1 Å². The Balaban J connectivity index is 0.000000228. The summed E-state index contributed by atoms with van der Waals surface area (Å²) in [6.45, 7) is 17.2. The number of imidazole rings is 1. The van der Waals surface area contributed by atoms with Gasteiger partial charge in [0.1, 0.15) is 5.69 Å². The van der Waals surface area contributed by atoms with Gasteiger partial charge in [-0.15, -0.1) is 36.4 Å². The molecule has 4 heterocycles. The summed E-state index contributed by atoms with van der Waals surface area (Å²) in [4.78, 5) is 13.4. The van der Waals surface area contributed by atoms with E-state index in [9.17, 15) is 17.6 Å². The van der Waals surface area contributed by atoms with Crippen molar-refractivity contribution in [1.29, 1.82) is 0 Å². The number of hydrogen-bond donors (Lipinski definition) is 0. The third-order valence-corrected chi connectivity index (χ3v) is 13.5. The van der Waals surface area contributed by atoms with Gasteiger partial charge < -0.3 is 14.0 Å². The van der Waals surface area contributed by atoms with Gasteiger partial charge in [0.05, 0.1) is 30.5 Å². The van der Waals surface area contributed by atoms with Crippen molar-refractivity contribution in [2.75, 3.05) is 0 Å². The number of hydrogen-bond acceptors (Lipinski definition) is 4. The number of alkyl halides is 3. The Morgan fingerprint density at radius 1 is 0.734 bits per heavy atom. The van der Waals surface area contributed by atoms with E-state index in [4.69, 9.17) is 13.5 Å². The summed E-state index contributed by atoms with van der Waals surface area (Å²) in [6, 6.07) is 35.4. The number of furan rings is 1. The molecule has 0 atom stereocenters. The minimum Gasteiger partial charge on any atom is -0.486 e. The smallest absolute Gasteiger partial charge is 0.433 e. The maximum absolute atomic E-state index is 14.7. The van der Waals surface area contributed by atoms with Gasteiger partial charge in [0, 0.05) is 52.7 Å². The van der Waals surface area contributed by atoms with Crippen LogP contribution in [0.3, 0.4) is 0 Å². The first-order valence-corrected chi connectivity index (χ1v) is 24.6. The van der Waals surface area contributed by atoms with Crippen LogP contribution in [0, 0.1) is 24.8 Å². The monoisotopic (exact) mass is 1060 g/mol. The zero-order valence-electron chi connectivity index (χ0n) is 40.1. The van der Waals surface area contributed by atoms with Gasteiger partial charge in [-0.1, -0.05) is 150 Å². The standard InChI is InChI=1S/C35H27F3N3O.C18H23FNSi.Ir/c1-19(2)22-11-7-12-23(20(3)4)30(22)41-31-24-10-6-5-9-21(24)15-17-28(31)39-33(41)27-14-8-13-25-26-16-18-29(35(36,37)38)40-34(26)42-32(25)27;1-12(2)15-10-16(20-11-17(15)21(4,5)6)14-9-7-8-13(3)18(14)19;/h5-13,15-20H,1-4H3;7-8,10-12H,1-6H3;/q2*-1;/i;3D3;. The molecule has 0 spiro atoms. The fourth-order valence-electron chi connectivity index (χ4n) is 8.32. The average Bonchev–Trinajstić information content (AvgIpc) is 3.84. The summed E-state index contributed by atoms with van der Waals surface area (Å²) in [5.74, 6) is 0.560. The van der Waals surface area contributed by atoms with E-state index < -0.39 is 32.6 Å². The molecule has 5 aromatic carbocycles. The van der Waals surface area contributed by atoms with Gasteiger partial charge in [-0.3, -0.25) is 9.37 Å². The minimum atomic E-state index is -4.58. The molecule has 9 rings (SSSR count). The third kappa shape index (κ3) is 8.58. The second-order valence-electron chi connectivity index (χ2n) is 17.9. The molecule has 5 nitrogen and oxygen atoms in total. The van der Waals surface area contributed by atoms with E-state index in [2.05, 4.69) is 124 Å². The molecule has 0 unspecified atom stereocenters. The first-order chi connectivity index (χ1) is 31.1. The largest absolute Gasteiger partial charge is 0.486 e. The normalized spacial score (nSPS) is 13.1. The predicted octanol–water partition coefficient (Wildman–Crippen LogP) is 14.9. The number of pyridine rings is 2. The molecule has 11 heteroatoms. The first-order valence-electron chi connectivity index (χ1n) is 22.6. The van der Waals surface area contributed by atoms with Crippen LogP contribution in [0.4, 0.5) is 17.6 Å². The molecule has 331 valence electrons. The quantitative estimate of drug-likeness (QED) is 0.0907. The van der Waals surface area contributed by atoms with E-state index in [1.807, 2.05) is 30.5 Å². The summed E-state index contributed by atoms with van der Waals surface area (Å²) < 4.78 is 85.9. The van der Waals surface area contributed by atoms with E-state index in [1.165, 1.54) is 34.5 Å². The molecule has 0 aliphatic rings. The van der Waals surface area contributed by atoms with Crippen molar-refractivity contribution < 1.29 is 46.2 Å². The molecular formula is C53H50F4IrN4OSi-2. The topological polar surface area (TPSA) is 56.7 Å². The number of halogens is 4. The fraction of sp³-hybridized carbons (Fsp3) is 0.264. The number of benzene rings is 5. The number of nitrogens with zero attached hydrogens (tertiary/aromatic N) is 4. The Hall–Kier alpha value is -5.48. The average molecular weight is 1060 g/mol. The summed E-state index contributed by atoms with van der Waals surface area (Å²) in [6.07, 6.45) is -2.75. The zero-order valence-corrected chi connectivity index (χ0v) is 40.5. The Labute approximate surface area is 390 Å². The Bertz CT molecular complexity index is 3270. The summed E-state index contributed by atoms with van der Waals surface area (Å²) in [5.41, 5.74) is 6.45. The van der Waals surface area contributed by atoms with Crippen LogP contribution < -0.4 is 5.19 Å². The van der Waals surface area contributed by atoms with Crippen molar-refractivity contribution in [2.24, 2.45) is 0 Å². The van der Waals surface area contributed by atoms with Crippen molar-refractivity contribution in [2.45, 2.75) is 92.0 Å². The summed E-state index contributed by atoms with van der Waals surface area (Å²) >= 11 is 0. The van der Waals surface area contributed by atoms with Crippen LogP contribution in [0.5, 0.6) is 0 Å². The van der Waals surface area contributed by atoms with Crippen LogP contribution >= 0.6 is 0 Å². The van der Waals surface area contributed by atoms with E-state index >= 15 is 0 Å². The van der Waals surface area contributed by atoms with Crippen molar-refractivity contribution in [3.63, 3.8) is 0 Å². The Kier molecular flexibility index (Phi) is 11.8. The van der Waals surface area contributed by atoms with Crippen LogP contribution in [-0.2, 0) is 26.3 Å². The molecule has 64 heavy (non-hydrogen) atoms. The molecule has 0 fully saturated rings. The zero-order chi connectivity index (χ0) is 47.6. The van der Waals surface area contributed by atoms with E-state index in [-0.39, 0.29) is 54.7 Å². The maximum atomic E-state index is 14.7. The number of aryl methyl sites for hydroxylation is 1. The molecular weight excluding hydrogens is 1000 g/mol. The van der Waals surface area contributed by atoms with Gasteiger partial charge in [-0.25, -0.2) is 4.98 Å². The van der Waals surface area contributed by atoms with Crippen LogP contribution in [0.1, 0.15) is 91.4 Å². The molecule has 9 aromatic rings. The number of fused-ring (bicyclic) bond motifs is 6. The van der Waals surface area contributed by atoms with Crippen LogP contribution in [0.15, 0.2) is 108 Å². The van der Waals surface area contributed by atoms with Gasteiger partial charge >= 0.3 is 6.18 Å². The molecule has 0 aliphatic heterocycles. The third-order valence-electron chi connectivity index (χ3n) is 11.5. The van der Waals surface area contributed by atoms with Crippen molar-refractivity contribution >= 4 is 57.1 Å². The van der Waals surface area contributed by atoms with Crippen molar-refractivity contribution in [1.82, 2.24) is 19.5 Å². The fourth-order valence-corrected chi connectivity index (χ4v) is 10.00. The predicted molar refractivity (Wildman–Crippen MR) is 251 cm³/mol.